The fourth-order valence-electron chi connectivity index (χ4n) is 2.79. The van der Waals surface area contributed by atoms with Gasteiger partial charge in [-0.15, -0.1) is 0 Å². The van der Waals surface area contributed by atoms with Gasteiger partial charge >= 0.3 is 0 Å². The van der Waals surface area contributed by atoms with Crippen molar-refractivity contribution in [3.8, 4) is 5.75 Å². The van der Waals surface area contributed by atoms with Crippen molar-refractivity contribution in [2.75, 3.05) is 29.8 Å². The number of hydrogen-bond acceptors (Lipinski definition) is 10. The number of amidine groups is 2. The van der Waals surface area contributed by atoms with Crippen LogP contribution in [0.1, 0.15) is 19.5 Å². The van der Waals surface area contributed by atoms with E-state index in [1.54, 1.807) is 13.3 Å². The highest BCUT2D eigenvalue weighted by Crippen LogP contribution is 2.31. The highest BCUT2D eigenvalue weighted by Gasteiger charge is 2.12. The molecule has 0 fully saturated rings. The molecule has 10 heteroatoms. The minimum absolute atomic E-state index is 0.478. The number of ether oxygens (including phenoxy) is 1. The van der Waals surface area contributed by atoms with E-state index in [4.69, 9.17) is 10.6 Å². The van der Waals surface area contributed by atoms with Crippen molar-refractivity contribution in [2.24, 2.45) is 15.8 Å². The summed E-state index contributed by atoms with van der Waals surface area (Å²) in [6, 6.07) is 7.39. The molecule has 1 aliphatic heterocycles. The van der Waals surface area contributed by atoms with Crippen molar-refractivity contribution in [1.82, 2.24) is 15.3 Å². The minimum Gasteiger partial charge on any atom is -0.495 e. The van der Waals surface area contributed by atoms with Gasteiger partial charge in [-0.3, -0.25) is 5.01 Å². The van der Waals surface area contributed by atoms with Crippen molar-refractivity contribution >= 4 is 34.8 Å². The third-order valence-corrected chi connectivity index (χ3v) is 4.00. The Kier molecular flexibility index (Phi) is 5.93. The molecule has 0 aliphatic carbocycles. The second kappa shape index (κ2) is 8.57. The van der Waals surface area contributed by atoms with Gasteiger partial charge < -0.3 is 20.7 Å². The van der Waals surface area contributed by atoms with Crippen LogP contribution in [0.2, 0.25) is 0 Å². The maximum atomic E-state index is 6.27. The number of aryl methyl sites for hydroxylation is 1. The number of methoxy groups -OCH3 is 1. The molecule has 0 spiro atoms. The van der Waals surface area contributed by atoms with Crippen molar-refractivity contribution < 1.29 is 4.74 Å². The molecule has 0 atom stereocenters. The van der Waals surface area contributed by atoms with Gasteiger partial charge in [0.05, 0.1) is 13.3 Å². The summed E-state index contributed by atoms with van der Waals surface area (Å²) < 4.78 is 5.45. The third-order valence-electron chi connectivity index (χ3n) is 4.00. The van der Waals surface area contributed by atoms with Gasteiger partial charge in [0.15, 0.2) is 5.82 Å². The quantitative estimate of drug-likeness (QED) is 0.434. The van der Waals surface area contributed by atoms with Crippen LogP contribution in [0.25, 0.3) is 0 Å². The number of aliphatic imine (C=N–C) groups is 2. The predicted molar refractivity (Wildman–Crippen MR) is 117 cm³/mol. The van der Waals surface area contributed by atoms with Crippen molar-refractivity contribution in [3.05, 3.63) is 42.0 Å². The Morgan fingerprint density at radius 1 is 1.10 bits per heavy atom. The van der Waals surface area contributed by atoms with E-state index in [9.17, 15) is 0 Å². The number of rotatable bonds is 6. The number of hydrazine groups is 1. The molecular formula is C19H25N9O. The highest BCUT2D eigenvalue weighted by atomic mass is 16.5. The Morgan fingerprint density at radius 2 is 1.83 bits per heavy atom. The van der Waals surface area contributed by atoms with Gasteiger partial charge in [-0.25, -0.2) is 20.8 Å². The molecule has 1 aromatic heterocycles. The first-order valence-corrected chi connectivity index (χ1v) is 9.00. The molecule has 29 heavy (non-hydrogen) atoms. The number of nitrogens with one attached hydrogen (secondary N) is 3. The van der Waals surface area contributed by atoms with E-state index in [0.29, 0.717) is 23.2 Å². The summed E-state index contributed by atoms with van der Waals surface area (Å²) in [6.07, 6.45) is 1.64. The Balaban J connectivity index is 1.91. The molecule has 5 N–H and O–H groups in total. The van der Waals surface area contributed by atoms with E-state index in [1.807, 2.05) is 52.1 Å². The zero-order valence-corrected chi connectivity index (χ0v) is 17.1. The van der Waals surface area contributed by atoms with E-state index >= 15 is 0 Å². The summed E-state index contributed by atoms with van der Waals surface area (Å²) in [5.41, 5.74) is 2.23. The van der Waals surface area contributed by atoms with Crippen LogP contribution in [0, 0.1) is 6.92 Å². The largest absolute Gasteiger partial charge is 0.495 e. The van der Waals surface area contributed by atoms with E-state index in [1.165, 1.54) is 5.01 Å². The number of benzene rings is 1. The zero-order chi connectivity index (χ0) is 21.0. The average molecular weight is 395 g/mol. The van der Waals surface area contributed by atoms with Crippen LogP contribution >= 0.6 is 0 Å². The predicted octanol–water partition coefficient (Wildman–Crippen LogP) is 2.50. The van der Waals surface area contributed by atoms with Gasteiger partial charge in [0.25, 0.3) is 0 Å². The van der Waals surface area contributed by atoms with Crippen LogP contribution in [-0.4, -0.2) is 35.8 Å². The molecule has 0 saturated carbocycles. The van der Waals surface area contributed by atoms with Crippen LogP contribution in [0.15, 0.2) is 46.3 Å². The van der Waals surface area contributed by atoms with E-state index in [2.05, 4.69) is 35.9 Å². The lowest BCUT2D eigenvalue weighted by Crippen LogP contribution is -2.30. The molecule has 1 aromatic carbocycles. The van der Waals surface area contributed by atoms with Gasteiger partial charge in [-0.05, 0) is 39.0 Å². The van der Waals surface area contributed by atoms with Crippen molar-refractivity contribution in [3.63, 3.8) is 0 Å². The zero-order valence-electron chi connectivity index (χ0n) is 17.1. The van der Waals surface area contributed by atoms with Gasteiger partial charge in [0, 0.05) is 24.5 Å². The van der Waals surface area contributed by atoms with Gasteiger partial charge in [-0.2, -0.15) is 4.98 Å². The summed E-state index contributed by atoms with van der Waals surface area (Å²) in [5, 5.41) is 10.7. The summed E-state index contributed by atoms with van der Waals surface area (Å²) >= 11 is 0. The monoisotopic (exact) mass is 395 g/mol. The molecule has 2 aromatic rings. The summed E-state index contributed by atoms with van der Waals surface area (Å²) in [7, 11) is 3.40. The summed E-state index contributed by atoms with van der Waals surface area (Å²) in [6.45, 7) is 5.63. The molecule has 2 heterocycles. The molecule has 0 unspecified atom stereocenters. The Bertz CT molecular complexity index is 977. The first-order valence-electron chi connectivity index (χ1n) is 9.00. The van der Waals surface area contributed by atoms with Crippen LogP contribution in [0.3, 0.4) is 0 Å². The third kappa shape index (κ3) is 4.99. The van der Waals surface area contributed by atoms with Gasteiger partial charge in [0.2, 0.25) is 5.95 Å². The molecule has 1 aliphatic rings. The second-order valence-corrected chi connectivity index (χ2v) is 6.39. The van der Waals surface area contributed by atoms with Crippen LogP contribution in [-0.2, 0) is 0 Å². The lowest BCUT2D eigenvalue weighted by Gasteiger charge is -2.20. The molecule has 0 bridgehead atoms. The Labute approximate surface area is 169 Å². The Hall–Kier alpha value is -3.66. The van der Waals surface area contributed by atoms with Gasteiger partial charge in [0.1, 0.15) is 28.9 Å². The highest BCUT2D eigenvalue weighted by molar-refractivity contribution is 6.01. The standard InChI is InChI=1S/C19H25N9O/c1-11-8-17(21-4)27-19(22-11)26-14-6-7-16(29-5)15(9-14)28(20)10-18-24-12(2)23-13(3)25-18/h6-10H,20H2,1-5H3,(H,23,24,25)(H2,21,22,26,27). The van der Waals surface area contributed by atoms with E-state index in [0.717, 1.165) is 28.9 Å². The molecule has 0 amide bonds. The SMILES string of the molecule is CNc1cc(C)nc(Nc2ccc(OC)c(N(N)C=C3N=C(C)NC(C)=N3)c2)n1. The van der Waals surface area contributed by atoms with Crippen molar-refractivity contribution in [1.29, 1.82) is 0 Å². The topological polar surface area (TPSA) is 125 Å². The normalized spacial score (nSPS) is 13.1. The first-order chi connectivity index (χ1) is 13.9. The molecule has 152 valence electrons. The molecular weight excluding hydrogens is 370 g/mol. The van der Waals surface area contributed by atoms with Crippen LogP contribution in [0.5, 0.6) is 5.75 Å². The van der Waals surface area contributed by atoms with Crippen molar-refractivity contribution in [2.45, 2.75) is 20.8 Å². The maximum Gasteiger partial charge on any atom is 0.229 e. The van der Waals surface area contributed by atoms with E-state index in [-0.39, 0.29) is 0 Å². The lowest BCUT2D eigenvalue weighted by atomic mass is 10.2. The van der Waals surface area contributed by atoms with Crippen LogP contribution in [0.4, 0.5) is 23.1 Å². The molecule has 0 saturated heterocycles. The fourth-order valence-corrected chi connectivity index (χ4v) is 2.79. The van der Waals surface area contributed by atoms with E-state index < -0.39 is 0 Å². The first kappa shape index (κ1) is 20.1. The number of nitrogens with two attached hydrogens (primary N) is 1. The lowest BCUT2D eigenvalue weighted by molar-refractivity contribution is 0.415. The summed E-state index contributed by atoms with van der Waals surface area (Å²) in [4.78, 5) is 17.5. The molecule has 3 rings (SSSR count). The molecule has 10 nitrogen and oxygen atoms in total. The number of hydrogen-bond donors (Lipinski definition) is 4. The Morgan fingerprint density at radius 3 is 2.48 bits per heavy atom. The van der Waals surface area contributed by atoms with Gasteiger partial charge in [-0.1, -0.05) is 0 Å². The summed E-state index contributed by atoms with van der Waals surface area (Å²) in [5.74, 6) is 10.1. The minimum atomic E-state index is 0.478. The van der Waals surface area contributed by atoms with Crippen LogP contribution < -0.4 is 31.5 Å². The second-order valence-electron chi connectivity index (χ2n) is 6.39. The smallest absolute Gasteiger partial charge is 0.229 e. The number of aromatic nitrogens is 2. The number of nitrogens with zero attached hydrogens (tertiary/aromatic N) is 5. The average Bonchev–Trinajstić information content (AvgIpc) is 2.66. The fraction of sp³-hybridized carbons (Fsp3) is 0.263. The molecule has 0 radical (unpaired) electrons. The maximum absolute atomic E-state index is 6.27. The number of anilines is 4.